The molecule has 0 atom stereocenters. The predicted molar refractivity (Wildman–Crippen MR) is 103 cm³/mol. The number of ether oxygens (including phenoxy) is 1. The number of unbranched alkanes of at least 4 members (excludes halogenated alkanes) is 5. The Balaban J connectivity index is 1.85. The minimum Gasteiger partial charge on any atom is -0.494 e. The minimum atomic E-state index is -0.467. The molecule has 0 saturated carbocycles. The molecule has 0 radical (unpaired) electrons. The smallest absolute Gasteiger partial charge is 0.119 e. The van der Waals surface area contributed by atoms with Crippen molar-refractivity contribution >= 4 is 15.9 Å². The predicted octanol–water partition coefficient (Wildman–Crippen LogP) is 7.32. The summed E-state index contributed by atoms with van der Waals surface area (Å²) in [5, 5.41) is 0. The SMILES string of the molecule is CCCCCCCCOc1ccc(-c2ccc(Br)cc2CF)cc1. The first kappa shape index (κ1) is 19.0. The summed E-state index contributed by atoms with van der Waals surface area (Å²) in [6.07, 6.45) is 7.58. The van der Waals surface area contributed by atoms with Crippen molar-refractivity contribution in [1.82, 2.24) is 0 Å². The van der Waals surface area contributed by atoms with Gasteiger partial charge in [0, 0.05) is 4.47 Å². The van der Waals surface area contributed by atoms with Crippen molar-refractivity contribution in [2.45, 2.75) is 52.1 Å². The van der Waals surface area contributed by atoms with Crippen molar-refractivity contribution in [2.75, 3.05) is 6.61 Å². The molecular weight excluding hydrogens is 367 g/mol. The van der Waals surface area contributed by atoms with E-state index in [2.05, 4.69) is 22.9 Å². The first-order valence-electron chi connectivity index (χ1n) is 8.82. The minimum absolute atomic E-state index is 0.467. The van der Waals surface area contributed by atoms with E-state index in [1.807, 2.05) is 42.5 Å². The average Bonchev–Trinajstić information content (AvgIpc) is 2.61. The van der Waals surface area contributed by atoms with Gasteiger partial charge < -0.3 is 4.74 Å². The Kier molecular flexibility index (Phi) is 8.31. The summed E-state index contributed by atoms with van der Waals surface area (Å²) in [6.45, 7) is 2.53. The summed E-state index contributed by atoms with van der Waals surface area (Å²) >= 11 is 3.39. The standard InChI is InChI=1S/C21H26BrFO/c1-2-3-4-5-6-7-14-24-20-11-8-17(9-12-20)21-13-10-19(22)15-18(21)16-23/h8-13,15H,2-7,14,16H2,1H3. The van der Waals surface area contributed by atoms with Crippen molar-refractivity contribution in [3.05, 3.63) is 52.5 Å². The van der Waals surface area contributed by atoms with Crippen molar-refractivity contribution in [3.63, 3.8) is 0 Å². The molecule has 0 saturated heterocycles. The molecule has 0 aliphatic carbocycles. The van der Waals surface area contributed by atoms with Gasteiger partial charge in [-0.05, 0) is 47.4 Å². The van der Waals surface area contributed by atoms with Gasteiger partial charge in [-0.1, -0.05) is 73.2 Å². The van der Waals surface area contributed by atoms with E-state index in [4.69, 9.17) is 4.74 Å². The molecule has 0 aliphatic rings. The first-order chi connectivity index (χ1) is 11.7. The fourth-order valence-corrected chi connectivity index (χ4v) is 3.17. The van der Waals surface area contributed by atoms with Crippen LogP contribution in [0.15, 0.2) is 46.9 Å². The normalized spacial score (nSPS) is 10.8. The summed E-state index contributed by atoms with van der Waals surface area (Å²) in [5.41, 5.74) is 2.65. The molecule has 0 N–H and O–H groups in total. The molecule has 0 bridgehead atoms. The second-order valence-electron chi connectivity index (χ2n) is 6.08. The van der Waals surface area contributed by atoms with Crippen LogP contribution in [-0.4, -0.2) is 6.61 Å². The number of hydrogen-bond donors (Lipinski definition) is 0. The van der Waals surface area contributed by atoms with Crippen LogP contribution in [0, 0.1) is 0 Å². The molecule has 0 unspecified atom stereocenters. The van der Waals surface area contributed by atoms with Crippen LogP contribution >= 0.6 is 15.9 Å². The third-order valence-corrected chi connectivity index (χ3v) is 4.64. The van der Waals surface area contributed by atoms with Gasteiger partial charge in [-0.2, -0.15) is 0 Å². The van der Waals surface area contributed by atoms with Gasteiger partial charge in [-0.15, -0.1) is 0 Å². The van der Waals surface area contributed by atoms with Crippen LogP contribution in [0.5, 0.6) is 5.75 Å². The van der Waals surface area contributed by atoms with Crippen LogP contribution < -0.4 is 4.74 Å². The van der Waals surface area contributed by atoms with Crippen LogP contribution in [0.3, 0.4) is 0 Å². The lowest BCUT2D eigenvalue weighted by Crippen LogP contribution is -1.97. The molecule has 130 valence electrons. The van der Waals surface area contributed by atoms with Gasteiger partial charge in [-0.3, -0.25) is 0 Å². The zero-order valence-electron chi connectivity index (χ0n) is 14.4. The molecule has 2 aromatic carbocycles. The second kappa shape index (κ2) is 10.5. The quantitative estimate of drug-likeness (QED) is 0.384. The van der Waals surface area contributed by atoms with E-state index >= 15 is 0 Å². The Morgan fingerprint density at radius 1 is 0.917 bits per heavy atom. The Labute approximate surface area is 153 Å². The Morgan fingerprint density at radius 3 is 2.33 bits per heavy atom. The molecule has 0 amide bonds. The highest BCUT2D eigenvalue weighted by molar-refractivity contribution is 9.10. The molecule has 1 nitrogen and oxygen atoms in total. The maximum Gasteiger partial charge on any atom is 0.119 e. The lowest BCUT2D eigenvalue weighted by atomic mass is 10.0. The number of alkyl halides is 1. The summed E-state index contributed by atoms with van der Waals surface area (Å²) in [4.78, 5) is 0. The van der Waals surface area contributed by atoms with E-state index in [9.17, 15) is 4.39 Å². The van der Waals surface area contributed by atoms with Gasteiger partial charge in [0.25, 0.3) is 0 Å². The molecule has 2 aromatic rings. The fourth-order valence-electron chi connectivity index (χ4n) is 2.76. The lowest BCUT2D eigenvalue weighted by Gasteiger charge is -2.10. The average molecular weight is 393 g/mol. The summed E-state index contributed by atoms with van der Waals surface area (Å²) in [7, 11) is 0. The number of rotatable bonds is 10. The van der Waals surface area contributed by atoms with Crippen LogP contribution in [0.2, 0.25) is 0 Å². The van der Waals surface area contributed by atoms with Crippen molar-refractivity contribution in [1.29, 1.82) is 0 Å². The maximum absolute atomic E-state index is 13.2. The van der Waals surface area contributed by atoms with Gasteiger partial charge in [0.05, 0.1) is 6.61 Å². The molecular formula is C21H26BrFO. The fraction of sp³-hybridized carbons (Fsp3) is 0.429. The molecule has 0 aromatic heterocycles. The lowest BCUT2D eigenvalue weighted by molar-refractivity contribution is 0.304. The van der Waals surface area contributed by atoms with Crippen molar-refractivity contribution in [2.24, 2.45) is 0 Å². The summed E-state index contributed by atoms with van der Waals surface area (Å²) < 4.78 is 19.9. The summed E-state index contributed by atoms with van der Waals surface area (Å²) in [6, 6.07) is 13.7. The number of benzene rings is 2. The molecule has 24 heavy (non-hydrogen) atoms. The highest BCUT2D eigenvalue weighted by atomic mass is 79.9. The number of hydrogen-bond acceptors (Lipinski definition) is 1. The van der Waals surface area contributed by atoms with Crippen molar-refractivity contribution < 1.29 is 9.13 Å². The van der Waals surface area contributed by atoms with Crippen LogP contribution in [-0.2, 0) is 6.67 Å². The van der Waals surface area contributed by atoms with E-state index in [-0.39, 0.29) is 0 Å². The molecule has 3 heteroatoms. The van der Waals surface area contributed by atoms with E-state index in [1.54, 1.807) is 0 Å². The van der Waals surface area contributed by atoms with Gasteiger partial charge in [0.2, 0.25) is 0 Å². The van der Waals surface area contributed by atoms with Gasteiger partial charge in [0.1, 0.15) is 12.4 Å². The van der Waals surface area contributed by atoms with Gasteiger partial charge in [-0.25, -0.2) is 4.39 Å². The Hall–Kier alpha value is -1.35. The van der Waals surface area contributed by atoms with E-state index < -0.39 is 6.67 Å². The monoisotopic (exact) mass is 392 g/mol. The molecule has 2 rings (SSSR count). The second-order valence-corrected chi connectivity index (χ2v) is 6.99. The first-order valence-corrected chi connectivity index (χ1v) is 9.61. The Morgan fingerprint density at radius 2 is 1.62 bits per heavy atom. The highest BCUT2D eigenvalue weighted by Gasteiger charge is 2.06. The Bertz CT molecular complexity index is 610. The van der Waals surface area contributed by atoms with E-state index in [0.717, 1.165) is 34.4 Å². The molecule has 0 fully saturated rings. The van der Waals surface area contributed by atoms with Crippen LogP contribution in [0.4, 0.5) is 4.39 Å². The van der Waals surface area contributed by atoms with Crippen molar-refractivity contribution in [3.8, 4) is 16.9 Å². The number of halogens is 2. The van der Waals surface area contributed by atoms with Crippen LogP contribution in [0.25, 0.3) is 11.1 Å². The van der Waals surface area contributed by atoms with E-state index in [0.29, 0.717) is 5.56 Å². The third kappa shape index (κ3) is 5.94. The topological polar surface area (TPSA) is 9.23 Å². The zero-order chi connectivity index (χ0) is 17.2. The molecule has 0 aliphatic heterocycles. The molecule has 0 spiro atoms. The molecule has 0 heterocycles. The summed E-state index contributed by atoms with van der Waals surface area (Å²) in [5.74, 6) is 0.881. The maximum atomic E-state index is 13.2. The van der Waals surface area contributed by atoms with E-state index in [1.165, 1.54) is 32.1 Å². The largest absolute Gasteiger partial charge is 0.494 e. The van der Waals surface area contributed by atoms with Crippen LogP contribution in [0.1, 0.15) is 51.0 Å². The third-order valence-electron chi connectivity index (χ3n) is 4.14. The zero-order valence-corrected chi connectivity index (χ0v) is 15.9. The van der Waals surface area contributed by atoms with Gasteiger partial charge >= 0.3 is 0 Å². The highest BCUT2D eigenvalue weighted by Crippen LogP contribution is 2.29. The van der Waals surface area contributed by atoms with Gasteiger partial charge in [0.15, 0.2) is 0 Å².